The Hall–Kier alpha value is -0.960. The van der Waals surface area contributed by atoms with Gasteiger partial charge in [-0.15, -0.1) is 0 Å². The lowest BCUT2D eigenvalue weighted by Gasteiger charge is -2.30. The SMILES string of the molecule is Cc1cc(F)c(C)c(C2(CN)CCCC2)c1F. The van der Waals surface area contributed by atoms with Gasteiger partial charge in [0.1, 0.15) is 11.6 Å². The summed E-state index contributed by atoms with van der Waals surface area (Å²) < 4.78 is 28.1. The van der Waals surface area contributed by atoms with E-state index in [0.29, 0.717) is 23.2 Å². The van der Waals surface area contributed by atoms with Crippen molar-refractivity contribution in [2.24, 2.45) is 5.73 Å². The summed E-state index contributed by atoms with van der Waals surface area (Å²) in [7, 11) is 0. The standard InChI is InChI=1S/C14H19F2N/c1-9-7-11(15)10(2)12(13(9)16)14(8-17)5-3-4-6-14/h7H,3-6,8,17H2,1-2H3. The lowest BCUT2D eigenvalue weighted by Crippen LogP contribution is -2.34. The van der Waals surface area contributed by atoms with Crippen molar-refractivity contribution in [3.8, 4) is 0 Å². The highest BCUT2D eigenvalue weighted by Crippen LogP contribution is 2.43. The molecule has 0 atom stereocenters. The van der Waals surface area contributed by atoms with Gasteiger partial charge in [0.15, 0.2) is 0 Å². The van der Waals surface area contributed by atoms with Crippen LogP contribution in [0, 0.1) is 25.5 Å². The molecule has 0 radical (unpaired) electrons. The highest BCUT2D eigenvalue weighted by molar-refractivity contribution is 5.40. The van der Waals surface area contributed by atoms with Gasteiger partial charge in [0.2, 0.25) is 0 Å². The molecule has 1 aromatic carbocycles. The fourth-order valence-corrected chi connectivity index (χ4v) is 3.08. The minimum Gasteiger partial charge on any atom is -0.330 e. The third kappa shape index (κ3) is 1.86. The van der Waals surface area contributed by atoms with Crippen LogP contribution >= 0.6 is 0 Å². The second-order valence-electron chi connectivity index (χ2n) is 5.18. The number of halogens is 2. The van der Waals surface area contributed by atoms with Crippen LogP contribution in [-0.2, 0) is 5.41 Å². The molecule has 0 spiro atoms. The minimum atomic E-state index is -0.346. The van der Waals surface area contributed by atoms with Crippen LogP contribution in [0.4, 0.5) is 8.78 Å². The van der Waals surface area contributed by atoms with E-state index in [1.807, 2.05) is 0 Å². The van der Waals surface area contributed by atoms with Crippen molar-refractivity contribution in [3.05, 3.63) is 34.4 Å². The van der Waals surface area contributed by atoms with Crippen molar-refractivity contribution >= 4 is 0 Å². The molecule has 94 valence electrons. The first-order valence-electron chi connectivity index (χ1n) is 6.17. The van der Waals surface area contributed by atoms with Gasteiger partial charge in [-0.05, 0) is 43.9 Å². The molecule has 0 amide bonds. The van der Waals surface area contributed by atoms with E-state index in [-0.39, 0.29) is 17.0 Å². The van der Waals surface area contributed by atoms with E-state index in [1.165, 1.54) is 6.07 Å². The highest BCUT2D eigenvalue weighted by atomic mass is 19.1. The normalized spacial score (nSPS) is 18.6. The van der Waals surface area contributed by atoms with E-state index >= 15 is 0 Å². The van der Waals surface area contributed by atoms with E-state index in [9.17, 15) is 8.78 Å². The molecule has 0 aromatic heterocycles. The number of hydrogen-bond donors (Lipinski definition) is 1. The molecule has 1 saturated carbocycles. The zero-order valence-corrected chi connectivity index (χ0v) is 10.4. The van der Waals surface area contributed by atoms with Gasteiger partial charge in [-0.3, -0.25) is 0 Å². The summed E-state index contributed by atoms with van der Waals surface area (Å²) in [5, 5.41) is 0. The Balaban J connectivity index is 2.65. The smallest absolute Gasteiger partial charge is 0.130 e. The van der Waals surface area contributed by atoms with Gasteiger partial charge in [0.05, 0.1) is 0 Å². The fraction of sp³-hybridized carbons (Fsp3) is 0.571. The van der Waals surface area contributed by atoms with Gasteiger partial charge in [0, 0.05) is 17.5 Å². The fourth-order valence-electron chi connectivity index (χ4n) is 3.08. The average Bonchev–Trinajstić information content (AvgIpc) is 2.77. The average molecular weight is 239 g/mol. The molecule has 0 unspecified atom stereocenters. The molecular weight excluding hydrogens is 220 g/mol. The van der Waals surface area contributed by atoms with Crippen molar-refractivity contribution < 1.29 is 8.78 Å². The second kappa shape index (κ2) is 4.37. The molecular formula is C14H19F2N. The quantitative estimate of drug-likeness (QED) is 0.841. The Kier molecular flexibility index (Phi) is 3.21. The van der Waals surface area contributed by atoms with Crippen molar-refractivity contribution in [1.82, 2.24) is 0 Å². The van der Waals surface area contributed by atoms with E-state index in [4.69, 9.17) is 5.73 Å². The van der Waals surface area contributed by atoms with Gasteiger partial charge < -0.3 is 5.73 Å². The summed E-state index contributed by atoms with van der Waals surface area (Å²) in [6.07, 6.45) is 3.82. The molecule has 0 heterocycles. The first-order valence-corrected chi connectivity index (χ1v) is 6.17. The Morgan fingerprint density at radius 3 is 2.35 bits per heavy atom. The summed E-state index contributed by atoms with van der Waals surface area (Å²) in [6.45, 7) is 3.66. The number of nitrogens with two attached hydrogens (primary N) is 1. The summed E-state index contributed by atoms with van der Waals surface area (Å²) >= 11 is 0. The molecule has 1 aliphatic rings. The number of benzene rings is 1. The van der Waals surface area contributed by atoms with Crippen LogP contribution < -0.4 is 5.73 Å². The van der Waals surface area contributed by atoms with Crippen LogP contribution in [0.5, 0.6) is 0 Å². The number of rotatable bonds is 2. The third-order valence-electron chi connectivity index (χ3n) is 4.12. The van der Waals surface area contributed by atoms with Crippen LogP contribution in [0.3, 0.4) is 0 Å². The lowest BCUT2D eigenvalue weighted by molar-refractivity contribution is 0.417. The summed E-state index contributed by atoms with van der Waals surface area (Å²) in [4.78, 5) is 0. The molecule has 1 fully saturated rings. The molecule has 3 heteroatoms. The van der Waals surface area contributed by atoms with E-state index < -0.39 is 0 Å². The summed E-state index contributed by atoms with van der Waals surface area (Å²) in [5.41, 5.74) is 6.84. The molecule has 1 aromatic rings. The molecule has 1 nitrogen and oxygen atoms in total. The Morgan fingerprint density at radius 2 is 1.82 bits per heavy atom. The first-order chi connectivity index (χ1) is 8.02. The maximum Gasteiger partial charge on any atom is 0.130 e. The van der Waals surface area contributed by atoms with Gasteiger partial charge in [-0.25, -0.2) is 8.78 Å². The summed E-state index contributed by atoms with van der Waals surface area (Å²) in [6, 6.07) is 1.27. The molecule has 0 aliphatic heterocycles. The van der Waals surface area contributed by atoms with Gasteiger partial charge in [0.25, 0.3) is 0 Å². The van der Waals surface area contributed by atoms with E-state index in [2.05, 4.69) is 0 Å². The third-order valence-corrected chi connectivity index (χ3v) is 4.12. The van der Waals surface area contributed by atoms with Gasteiger partial charge in [-0.1, -0.05) is 12.8 Å². The van der Waals surface area contributed by atoms with Gasteiger partial charge >= 0.3 is 0 Å². The minimum absolute atomic E-state index is 0.267. The van der Waals surface area contributed by atoms with Crippen LogP contribution in [-0.4, -0.2) is 6.54 Å². The van der Waals surface area contributed by atoms with E-state index in [1.54, 1.807) is 13.8 Å². The largest absolute Gasteiger partial charge is 0.330 e. The predicted molar refractivity (Wildman–Crippen MR) is 65.0 cm³/mol. The topological polar surface area (TPSA) is 26.0 Å². The lowest BCUT2D eigenvalue weighted by atomic mass is 9.76. The Bertz CT molecular complexity index is 408. The molecule has 1 aliphatic carbocycles. The van der Waals surface area contributed by atoms with Crippen LogP contribution in [0.1, 0.15) is 42.4 Å². The monoisotopic (exact) mass is 239 g/mol. The zero-order chi connectivity index (χ0) is 12.6. The molecule has 0 saturated heterocycles. The van der Waals surface area contributed by atoms with E-state index in [0.717, 1.165) is 25.7 Å². The highest BCUT2D eigenvalue weighted by Gasteiger charge is 2.38. The first kappa shape index (κ1) is 12.5. The number of hydrogen-bond acceptors (Lipinski definition) is 1. The molecule has 2 rings (SSSR count). The Morgan fingerprint density at radius 1 is 1.24 bits per heavy atom. The predicted octanol–water partition coefficient (Wildman–Crippen LogP) is 3.35. The van der Waals surface area contributed by atoms with Crippen LogP contribution in [0.15, 0.2) is 6.07 Å². The number of aryl methyl sites for hydroxylation is 1. The maximum atomic E-state index is 14.3. The molecule has 0 bridgehead atoms. The Labute approximate surface area is 101 Å². The summed E-state index contributed by atoms with van der Waals surface area (Å²) in [5.74, 6) is -0.588. The molecule has 17 heavy (non-hydrogen) atoms. The maximum absolute atomic E-state index is 14.3. The van der Waals surface area contributed by atoms with Gasteiger partial charge in [-0.2, -0.15) is 0 Å². The molecule has 2 N–H and O–H groups in total. The van der Waals surface area contributed by atoms with Crippen molar-refractivity contribution in [2.45, 2.75) is 44.9 Å². The van der Waals surface area contributed by atoms with Crippen molar-refractivity contribution in [3.63, 3.8) is 0 Å². The van der Waals surface area contributed by atoms with Crippen molar-refractivity contribution in [2.75, 3.05) is 6.54 Å². The van der Waals surface area contributed by atoms with Crippen molar-refractivity contribution in [1.29, 1.82) is 0 Å². The second-order valence-corrected chi connectivity index (χ2v) is 5.18. The van der Waals surface area contributed by atoms with Crippen LogP contribution in [0.25, 0.3) is 0 Å². The zero-order valence-electron chi connectivity index (χ0n) is 10.4. The van der Waals surface area contributed by atoms with Crippen LogP contribution in [0.2, 0.25) is 0 Å².